The molecule has 580 valence electrons. The Morgan fingerprint density at radius 3 is 1.58 bits per heavy atom. The Labute approximate surface area is 606 Å². The first-order valence-electron chi connectivity index (χ1n) is 37.2. The van der Waals surface area contributed by atoms with Gasteiger partial charge in [0.1, 0.15) is 12.1 Å². The number of alkyl carbamates (subject to hydrolysis) is 1. The lowest BCUT2D eigenvalue weighted by Gasteiger charge is -2.36. The molecule has 1 rings (SSSR count). The van der Waals surface area contributed by atoms with Crippen LogP contribution in [0.15, 0.2) is 12.2 Å². The highest BCUT2D eigenvalue weighted by molar-refractivity contribution is 5.99. The van der Waals surface area contributed by atoms with E-state index in [1.54, 1.807) is 61.5 Å². The fourth-order valence-electron chi connectivity index (χ4n) is 12.8. The summed E-state index contributed by atoms with van der Waals surface area (Å²) in [6.45, 7) is 34.9. The molecule has 0 bridgehead atoms. The minimum atomic E-state index is -1.40. The van der Waals surface area contributed by atoms with Crippen LogP contribution in [-0.4, -0.2) is 205 Å². The number of carbonyl (C=O) groups excluding carboxylic acids is 13. The smallest absolute Gasteiger partial charge is 0.406 e. The van der Waals surface area contributed by atoms with E-state index >= 15 is 0 Å². The Kier molecular flexibility index (Phi) is 45.4. The number of aliphatic hydroxyl groups excluding tert-OH is 1. The molecule has 0 aromatic rings. The zero-order valence-corrected chi connectivity index (χ0v) is 66.3. The van der Waals surface area contributed by atoms with E-state index in [4.69, 9.17) is 14.2 Å². The summed E-state index contributed by atoms with van der Waals surface area (Å²) in [4.78, 5) is 187. The maximum Gasteiger partial charge on any atom is 0.406 e. The second-order valence-electron chi connectivity index (χ2n) is 30.5. The van der Waals surface area contributed by atoms with E-state index in [9.17, 15) is 67.4 Å². The third-order valence-electron chi connectivity index (χ3n) is 18.9. The lowest BCUT2D eigenvalue weighted by atomic mass is 9.82. The van der Waals surface area contributed by atoms with Gasteiger partial charge < -0.3 is 54.9 Å². The first kappa shape index (κ1) is 94.6. The van der Waals surface area contributed by atoms with Gasteiger partial charge in [-0.1, -0.05) is 122 Å². The van der Waals surface area contributed by atoms with Crippen molar-refractivity contribution in [1.29, 1.82) is 0 Å². The van der Waals surface area contributed by atoms with Gasteiger partial charge in [0.15, 0.2) is 28.9 Å². The Bertz CT molecular complexity index is 2680. The highest BCUT2D eigenvalue weighted by atomic mass is 16.5. The van der Waals surface area contributed by atoms with Crippen molar-refractivity contribution in [2.24, 2.45) is 65.1 Å². The fraction of sp³-hybridized carbons (Fsp3) is 0.805. The number of hydrogen-bond donors (Lipinski definition) is 4. The molecule has 4 N–H and O–H groups in total. The number of nitrogens with zero attached hydrogens (tertiary/aromatic N) is 4. The molecule has 1 fully saturated rings. The van der Waals surface area contributed by atoms with Crippen molar-refractivity contribution in [2.75, 3.05) is 55.1 Å². The highest BCUT2D eigenvalue weighted by Gasteiger charge is 2.43. The van der Waals surface area contributed by atoms with Crippen molar-refractivity contribution in [3.05, 3.63) is 12.2 Å². The minimum Gasteiger partial charge on any atom is -0.466 e. The summed E-state index contributed by atoms with van der Waals surface area (Å²) in [6.07, 6.45) is 3.66. The average Bonchev–Trinajstić information content (AvgIpc) is 0.831. The van der Waals surface area contributed by atoms with Crippen LogP contribution in [0.25, 0.3) is 0 Å². The van der Waals surface area contributed by atoms with Crippen molar-refractivity contribution in [1.82, 2.24) is 35.6 Å². The Morgan fingerprint density at radius 1 is 0.564 bits per heavy atom. The van der Waals surface area contributed by atoms with Crippen LogP contribution in [0.3, 0.4) is 0 Å². The summed E-state index contributed by atoms with van der Waals surface area (Å²) in [6, 6.07) is -6.79. The molecule has 0 unspecified atom stereocenters. The number of ether oxygens (including phenoxy) is 3. The van der Waals surface area contributed by atoms with E-state index in [1.807, 2.05) is 54.5 Å². The molecule has 7 amide bonds. The third-order valence-corrected chi connectivity index (χ3v) is 18.9. The number of hydrogen-bond acceptors (Lipinski definition) is 17. The molecule has 1 saturated heterocycles. The normalized spacial score (nSPS) is 24.6. The summed E-state index contributed by atoms with van der Waals surface area (Å²) in [5, 5.41) is 19.9. The van der Waals surface area contributed by atoms with Crippen LogP contribution in [0.1, 0.15) is 234 Å². The Hall–Kier alpha value is -6.43. The van der Waals surface area contributed by atoms with E-state index in [-0.39, 0.29) is 88.3 Å². The predicted molar refractivity (Wildman–Crippen MR) is 391 cm³/mol. The standard InChI is InChI=1S/C68H117N7O15.C9H18O2/c1-22-24-27-44(13)62(82)50-38-57(79)60(43(11)12)75(21)66(86)48(32-39(3)4)36-56(78)53(34-41(7)8)72(18)65(85)46(15)70-63(83)45(14)35-55(77)52(33-40(5)6)73(19)67(87)49(42(9)10)37-58(80)61(47(16)89-30-25-26-31-90-68(88)69-17)74(20)59(81)29-28-54(76)51(23-2)71-64(50)84;1-8(2)6-4-5-7-11-9(3)10/h22,24,39-53,60-62,82H,23,25-38H2,1-21H3,(H,69,88)(H,70,83)(H,71,84);8H,4-7H2,1-3H3/b24-22+;/t44-,45-,46-,47-,48-,49+,50+,51+,52+,53+,60+,61+,62-;/m1./s1. The lowest BCUT2D eigenvalue weighted by Crippen LogP contribution is -2.53. The molecule has 24 nitrogen and oxygen atoms in total. The summed E-state index contributed by atoms with van der Waals surface area (Å²) < 4.78 is 16.1. The quantitative estimate of drug-likeness (QED) is 0.0375. The maximum atomic E-state index is 14.9. The van der Waals surface area contributed by atoms with Crippen LogP contribution in [0.4, 0.5) is 4.79 Å². The van der Waals surface area contributed by atoms with Gasteiger partial charge in [-0.2, -0.15) is 0 Å². The Morgan fingerprint density at radius 2 is 1.08 bits per heavy atom. The van der Waals surface area contributed by atoms with E-state index < -0.39 is 173 Å². The van der Waals surface area contributed by atoms with Crippen LogP contribution in [0, 0.1) is 65.1 Å². The molecular formula is C77H135N7O17. The van der Waals surface area contributed by atoms with Gasteiger partial charge >= 0.3 is 12.1 Å². The minimum absolute atomic E-state index is 0.0686. The van der Waals surface area contributed by atoms with E-state index in [1.165, 1.54) is 75.1 Å². The monoisotopic (exact) mass is 1430 g/mol. The number of aliphatic hydroxyl groups is 1. The summed E-state index contributed by atoms with van der Waals surface area (Å²) in [5.74, 6) is -11.6. The summed E-state index contributed by atoms with van der Waals surface area (Å²) in [7, 11) is 7.28. The number of unbranched alkanes of at least 4 members (excludes halogenated alkanes) is 2. The first-order valence-corrected chi connectivity index (χ1v) is 37.2. The molecule has 13 atom stereocenters. The molecule has 1 aliphatic heterocycles. The van der Waals surface area contributed by atoms with Crippen molar-refractivity contribution < 1.29 is 81.6 Å². The van der Waals surface area contributed by atoms with Crippen LogP contribution >= 0.6 is 0 Å². The number of ketones is 5. The maximum absolute atomic E-state index is 14.9. The third kappa shape index (κ3) is 34.2. The van der Waals surface area contributed by atoms with E-state index in [2.05, 4.69) is 29.8 Å². The van der Waals surface area contributed by atoms with Gasteiger partial charge in [0.2, 0.25) is 35.4 Å². The topological polar surface area (TPSA) is 319 Å². The zero-order valence-electron chi connectivity index (χ0n) is 66.3. The summed E-state index contributed by atoms with van der Waals surface area (Å²) in [5.41, 5.74) is 0. The van der Waals surface area contributed by atoms with Gasteiger partial charge in [-0.25, -0.2) is 4.79 Å². The van der Waals surface area contributed by atoms with Crippen molar-refractivity contribution in [3.8, 4) is 0 Å². The SMILES string of the molecule is C/C=C/C[C@@H](C)[C@@H](O)[C@@H]1CC(=O)[C@H](C(C)C)N(C)C(=O)[C@H](CC(C)C)CC(=O)[C@H](CC(C)C)N(C)C(=O)[C@@H](C)NC(=O)[C@H](C)CC(=O)[C@H](CC(C)C)N(C)C(=O)[C@H](C(C)C)CC(=O)[C@H]([C@@H](C)OCCCCOC(=O)NC)N(C)C(=O)CCC(=O)[C@H](CC)NC1=O.CC(=O)OCCCCC(C)C. The first-order chi connectivity index (χ1) is 47.0. The van der Waals surface area contributed by atoms with Gasteiger partial charge in [0.25, 0.3) is 0 Å². The van der Waals surface area contributed by atoms with Crippen LogP contribution in [-0.2, 0) is 71.7 Å². The molecule has 1 heterocycles. The van der Waals surface area contributed by atoms with Gasteiger partial charge in [-0.3, -0.25) is 57.5 Å². The van der Waals surface area contributed by atoms with Crippen LogP contribution in [0.2, 0.25) is 0 Å². The van der Waals surface area contributed by atoms with Crippen molar-refractivity contribution >= 4 is 76.4 Å². The number of allylic oxidation sites excluding steroid dienone is 2. The van der Waals surface area contributed by atoms with Crippen LogP contribution < -0.4 is 16.0 Å². The molecule has 0 aromatic carbocycles. The highest BCUT2D eigenvalue weighted by Crippen LogP contribution is 2.30. The number of nitrogens with one attached hydrogen (secondary N) is 3. The van der Waals surface area contributed by atoms with Gasteiger partial charge in [-0.15, -0.1) is 0 Å². The molecule has 0 spiro atoms. The molecule has 0 aliphatic carbocycles. The Balaban J connectivity index is 0.00000829. The lowest BCUT2D eigenvalue weighted by molar-refractivity contribution is -0.148. The average molecular weight is 1430 g/mol. The molecule has 0 aromatic heterocycles. The van der Waals surface area contributed by atoms with E-state index in [0.717, 1.165) is 18.8 Å². The van der Waals surface area contributed by atoms with Gasteiger partial charge in [0.05, 0.1) is 55.5 Å². The number of Topliss-reactive ketones (excluding diaryl/α,β-unsaturated/α-hetero) is 5. The van der Waals surface area contributed by atoms with Crippen molar-refractivity contribution in [3.63, 3.8) is 0 Å². The molecule has 0 radical (unpaired) electrons. The number of carbonyl (C=O) groups is 13. The van der Waals surface area contributed by atoms with Crippen molar-refractivity contribution in [2.45, 2.75) is 283 Å². The zero-order chi connectivity index (χ0) is 77.9. The molecule has 101 heavy (non-hydrogen) atoms. The fourth-order valence-corrected chi connectivity index (χ4v) is 12.8. The number of esters is 1. The van der Waals surface area contributed by atoms with Gasteiger partial charge in [0, 0.05) is 105 Å². The largest absolute Gasteiger partial charge is 0.466 e. The summed E-state index contributed by atoms with van der Waals surface area (Å²) >= 11 is 0. The molecule has 24 heteroatoms. The molecular weight excluding hydrogens is 1290 g/mol. The molecule has 0 saturated carbocycles. The molecule has 1 aliphatic rings. The van der Waals surface area contributed by atoms with E-state index in [0.29, 0.717) is 25.9 Å². The second-order valence-corrected chi connectivity index (χ2v) is 30.5. The van der Waals surface area contributed by atoms with Gasteiger partial charge in [-0.05, 0) is 120 Å². The number of rotatable bonds is 25. The number of likely N-dealkylation sites (N-methyl/N-ethyl adjacent to an activating group) is 4. The second kappa shape index (κ2) is 48.5. The predicted octanol–water partition coefficient (Wildman–Crippen LogP) is 9.71. The number of amides is 7. The van der Waals surface area contributed by atoms with Crippen LogP contribution in [0.5, 0.6) is 0 Å².